The van der Waals surface area contributed by atoms with Crippen molar-refractivity contribution < 1.29 is 0 Å². The lowest BCUT2D eigenvalue weighted by atomic mass is 9.97. The zero-order valence-corrected chi connectivity index (χ0v) is 19.5. The van der Waals surface area contributed by atoms with E-state index in [1.807, 2.05) is 32.0 Å². The van der Waals surface area contributed by atoms with Gasteiger partial charge in [-0.25, -0.2) is 4.98 Å². The number of fused-ring (bicyclic) bond motifs is 3. The fourth-order valence-corrected chi connectivity index (χ4v) is 6.27. The highest BCUT2D eigenvalue weighted by Crippen LogP contribution is 2.36. The summed E-state index contributed by atoms with van der Waals surface area (Å²) in [5.41, 5.74) is 15.5. The standard InChI is InChI=1S/C22H23N7OS2/c1-11-7-8-12(2)14(9-11)29-19(30)17-13-5-3-4-6-15(13)32-18(17)27-22(29)31-10-16-25-20(23)28-21(24)26-16/h7-9H,3-6,10H2,1-2H3,(H4,23,24,25,26,28). The van der Waals surface area contributed by atoms with Crippen LogP contribution in [0.1, 0.15) is 40.2 Å². The molecule has 1 aliphatic carbocycles. The summed E-state index contributed by atoms with van der Waals surface area (Å²) in [4.78, 5) is 33.1. The van der Waals surface area contributed by atoms with Crippen molar-refractivity contribution in [2.45, 2.75) is 50.4 Å². The van der Waals surface area contributed by atoms with Gasteiger partial charge >= 0.3 is 0 Å². The molecular formula is C22H23N7OS2. The summed E-state index contributed by atoms with van der Waals surface area (Å²) in [6.07, 6.45) is 4.23. The quantitative estimate of drug-likeness (QED) is 0.346. The molecule has 0 saturated carbocycles. The van der Waals surface area contributed by atoms with E-state index >= 15 is 0 Å². The van der Waals surface area contributed by atoms with Crippen LogP contribution in [0.3, 0.4) is 0 Å². The van der Waals surface area contributed by atoms with Crippen LogP contribution in [0.5, 0.6) is 0 Å². The number of thioether (sulfide) groups is 1. The highest BCUT2D eigenvalue weighted by atomic mass is 32.2. The molecule has 0 bridgehead atoms. The molecule has 0 radical (unpaired) electrons. The second-order valence-corrected chi connectivity index (χ2v) is 10.00. The molecule has 0 saturated heterocycles. The summed E-state index contributed by atoms with van der Waals surface area (Å²) >= 11 is 3.04. The van der Waals surface area contributed by atoms with Gasteiger partial charge in [0, 0.05) is 4.88 Å². The van der Waals surface area contributed by atoms with Crippen LogP contribution in [-0.2, 0) is 18.6 Å². The molecule has 4 N–H and O–H groups in total. The molecule has 32 heavy (non-hydrogen) atoms. The summed E-state index contributed by atoms with van der Waals surface area (Å²) < 4.78 is 1.74. The van der Waals surface area contributed by atoms with Crippen molar-refractivity contribution in [3.63, 3.8) is 0 Å². The summed E-state index contributed by atoms with van der Waals surface area (Å²) in [6.45, 7) is 4.03. The molecule has 0 amide bonds. The van der Waals surface area contributed by atoms with Crippen LogP contribution in [0.2, 0.25) is 0 Å². The number of nitrogens with two attached hydrogens (primary N) is 2. The number of benzene rings is 1. The molecule has 10 heteroatoms. The lowest BCUT2D eigenvalue weighted by Crippen LogP contribution is -2.23. The first-order valence-corrected chi connectivity index (χ1v) is 12.2. The predicted octanol–water partition coefficient (Wildman–Crippen LogP) is 3.58. The summed E-state index contributed by atoms with van der Waals surface area (Å²) in [5.74, 6) is 0.973. The Bertz CT molecular complexity index is 1390. The minimum atomic E-state index is -0.0136. The van der Waals surface area contributed by atoms with Crippen LogP contribution in [0, 0.1) is 13.8 Å². The maximum absolute atomic E-state index is 13.9. The van der Waals surface area contributed by atoms with Gasteiger partial charge in [0.2, 0.25) is 11.9 Å². The molecular weight excluding hydrogens is 442 g/mol. The van der Waals surface area contributed by atoms with Gasteiger partial charge in [0.15, 0.2) is 5.16 Å². The first kappa shape index (κ1) is 20.9. The van der Waals surface area contributed by atoms with E-state index < -0.39 is 0 Å². The maximum Gasteiger partial charge on any atom is 0.267 e. The Morgan fingerprint density at radius 1 is 1.06 bits per heavy atom. The number of anilines is 2. The molecule has 3 aromatic heterocycles. The number of rotatable bonds is 4. The summed E-state index contributed by atoms with van der Waals surface area (Å²) in [5, 5.41) is 1.37. The molecule has 8 nitrogen and oxygen atoms in total. The van der Waals surface area contributed by atoms with E-state index in [0.717, 1.165) is 52.7 Å². The third-order valence-electron chi connectivity index (χ3n) is 5.61. The highest BCUT2D eigenvalue weighted by molar-refractivity contribution is 7.98. The number of nitrogen functional groups attached to an aromatic ring is 2. The van der Waals surface area contributed by atoms with E-state index in [1.54, 1.807) is 15.9 Å². The minimum absolute atomic E-state index is 0.0136. The first-order valence-electron chi connectivity index (χ1n) is 10.4. The second kappa shape index (κ2) is 8.18. The van der Waals surface area contributed by atoms with Gasteiger partial charge in [0.25, 0.3) is 5.56 Å². The van der Waals surface area contributed by atoms with Crippen LogP contribution in [-0.4, -0.2) is 24.5 Å². The molecule has 0 atom stereocenters. The molecule has 1 aliphatic rings. The molecule has 0 spiro atoms. The zero-order valence-electron chi connectivity index (χ0n) is 17.9. The second-order valence-electron chi connectivity index (χ2n) is 7.97. The SMILES string of the molecule is Cc1ccc(C)c(-n2c(SCc3nc(N)nc(N)n3)nc3sc4c(c3c2=O)CCCC4)c1. The van der Waals surface area contributed by atoms with E-state index in [1.165, 1.54) is 22.2 Å². The topological polar surface area (TPSA) is 126 Å². The molecule has 3 heterocycles. The third kappa shape index (κ3) is 3.73. The van der Waals surface area contributed by atoms with Crippen molar-refractivity contribution in [2.75, 3.05) is 11.5 Å². The van der Waals surface area contributed by atoms with Crippen LogP contribution in [0.4, 0.5) is 11.9 Å². The normalized spacial score (nSPS) is 13.4. The molecule has 0 unspecified atom stereocenters. The summed E-state index contributed by atoms with van der Waals surface area (Å²) in [6, 6.07) is 6.11. The Morgan fingerprint density at radius 3 is 2.59 bits per heavy atom. The molecule has 0 fully saturated rings. The van der Waals surface area contributed by atoms with Crippen molar-refractivity contribution in [3.05, 3.63) is 55.9 Å². The van der Waals surface area contributed by atoms with Crippen LogP contribution in [0.25, 0.3) is 15.9 Å². The number of thiophene rings is 1. The minimum Gasteiger partial charge on any atom is -0.368 e. The van der Waals surface area contributed by atoms with E-state index in [0.29, 0.717) is 16.7 Å². The van der Waals surface area contributed by atoms with E-state index in [2.05, 4.69) is 15.0 Å². The van der Waals surface area contributed by atoms with Crippen molar-refractivity contribution in [1.29, 1.82) is 0 Å². The molecule has 4 aromatic rings. The molecule has 0 aliphatic heterocycles. The van der Waals surface area contributed by atoms with Gasteiger partial charge in [0.05, 0.1) is 16.8 Å². The largest absolute Gasteiger partial charge is 0.368 e. The van der Waals surface area contributed by atoms with Gasteiger partial charge in [-0.3, -0.25) is 9.36 Å². The van der Waals surface area contributed by atoms with E-state index in [-0.39, 0.29) is 17.5 Å². The van der Waals surface area contributed by atoms with Gasteiger partial charge < -0.3 is 11.5 Å². The Kier molecular flexibility index (Phi) is 5.34. The van der Waals surface area contributed by atoms with E-state index in [9.17, 15) is 4.79 Å². The lowest BCUT2D eigenvalue weighted by molar-refractivity contribution is 0.699. The number of hydrogen-bond acceptors (Lipinski definition) is 9. The average molecular weight is 466 g/mol. The van der Waals surface area contributed by atoms with Crippen molar-refractivity contribution in [2.24, 2.45) is 0 Å². The maximum atomic E-state index is 13.9. The number of aromatic nitrogens is 5. The average Bonchev–Trinajstić information content (AvgIpc) is 3.12. The lowest BCUT2D eigenvalue weighted by Gasteiger charge is -2.16. The molecule has 1 aromatic carbocycles. The fourth-order valence-electron chi connectivity index (χ4n) is 4.11. The van der Waals surface area contributed by atoms with Gasteiger partial charge in [-0.1, -0.05) is 23.9 Å². The van der Waals surface area contributed by atoms with Crippen LogP contribution < -0.4 is 17.0 Å². The third-order valence-corrected chi connectivity index (χ3v) is 7.73. The van der Waals surface area contributed by atoms with Crippen molar-refractivity contribution >= 4 is 45.2 Å². The molecule has 5 rings (SSSR count). The number of hydrogen-bond donors (Lipinski definition) is 2. The van der Waals surface area contributed by atoms with Crippen LogP contribution >= 0.6 is 23.1 Å². The van der Waals surface area contributed by atoms with Gasteiger partial charge in [-0.2, -0.15) is 15.0 Å². The smallest absolute Gasteiger partial charge is 0.267 e. The monoisotopic (exact) mass is 465 g/mol. The number of aryl methyl sites for hydroxylation is 4. The van der Waals surface area contributed by atoms with E-state index in [4.69, 9.17) is 16.5 Å². The highest BCUT2D eigenvalue weighted by Gasteiger charge is 2.23. The first-order chi connectivity index (χ1) is 15.4. The predicted molar refractivity (Wildman–Crippen MR) is 130 cm³/mol. The Morgan fingerprint density at radius 2 is 1.81 bits per heavy atom. The Balaban J connectivity index is 1.69. The Hall–Kier alpha value is -2.98. The number of nitrogens with zero attached hydrogens (tertiary/aromatic N) is 5. The van der Waals surface area contributed by atoms with Gasteiger partial charge in [-0.05, 0) is 62.3 Å². The fraction of sp³-hybridized carbons (Fsp3) is 0.318. The summed E-state index contributed by atoms with van der Waals surface area (Å²) in [7, 11) is 0. The van der Waals surface area contributed by atoms with Crippen molar-refractivity contribution in [3.8, 4) is 5.69 Å². The van der Waals surface area contributed by atoms with Crippen LogP contribution in [0.15, 0.2) is 28.2 Å². The van der Waals surface area contributed by atoms with Gasteiger partial charge in [-0.15, -0.1) is 11.3 Å². The molecule has 164 valence electrons. The van der Waals surface area contributed by atoms with Gasteiger partial charge in [0.1, 0.15) is 10.7 Å². The van der Waals surface area contributed by atoms with Crippen molar-refractivity contribution in [1.82, 2.24) is 24.5 Å². The Labute approximate surface area is 193 Å². The zero-order chi connectivity index (χ0) is 22.4.